The van der Waals surface area contributed by atoms with Gasteiger partial charge < -0.3 is 9.16 Å². The number of azo groups is 1. The van der Waals surface area contributed by atoms with Gasteiger partial charge in [-0.2, -0.15) is 0 Å². The van der Waals surface area contributed by atoms with E-state index in [4.69, 9.17) is 9.16 Å². The van der Waals surface area contributed by atoms with Crippen molar-refractivity contribution in [1.82, 2.24) is 0 Å². The fraction of sp³-hybridized carbons (Fsp3) is 0.818. The van der Waals surface area contributed by atoms with E-state index in [9.17, 15) is 9.59 Å². The first-order valence-electron chi connectivity index (χ1n) is 6.22. The summed E-state index contributed by atoms with van der Waals surface area (Å²) in [7, 11) is -1.99. The lowest BCUT2D eigenvalue weighted by Crippen LogP contribution is -2.27. The molecule has 1 aliphatic rings. The minimum Gasteiger partial charge on any atom is -0.502 e. The van der Waals surface area contributed by atoms with Gasteiger partial charge in [-0.1, -0.05) is 16.6 Å². The van der Waals surface area contributed by atoms with Gasteiger partial charge >= 0.3 is 12.2 Å². The summed E-state index contributed by atoms with van der Waals surface area (Å²) >= 11 is 0. The van der Waals surface area contributed by atoms with Crippen LogP contribution in [0, 0.1) is 0 Å². The summed E-state index contributed by atoms with van der Waals surface area (Å²) in [4.78, 5) is 22.5. The van der Waals surface area contributed by atoms with Crippen molar-refractivity contribution in [2.45, 2.75) is 57.8 Å². The van der Waals surface area contributed by atoms with Crippen LogP contribution >= 0.6 is 0 Å². The van der Waals surface area contributed by atoms with Gasteiger partial charge in [0.25, 0.3) is 0 Å². The van der Waals surface area contributed by atoms with Gasteiger partial charge in [-0.25, -0.2) is 9.59 Å². The smallest absolute Gasteiger partial charge is 0.452 e. The fourth-order valence-electron chi connectivity index (χ4n) is 1.71. The predicted molar refractivity (Wildman–Crippen MR) is 68.0 cm³/mol. The molecule has 0 spiro atoms. The lowest BCUT2D eigenvalue weighted by molar-refractivity contribution is 0.0816. The van der Waals surface area contributed by atoms with Crippen molar-refractivity contribution in [2.75, 3.05) is 0 Å². The third-order valence-corrected chi connectivity index (χ3v) is 3.21. The molecule has 0 aromatic carbocycles. The Morgan fingerprint density at radius 2 is 1.56 bits per heavy atom. The van der Waals surface area contributed by atoms with Crippen LogP contribution in [0.2, 0.25) is 19.6 Å². The van der Waals surface area contributed by atoms with Gasteiger partial charge in [-0.15, -0.1) is 0 Å². The van der Waals surface area contributed by atoms with Crippen LogP contribution in [-0.2, 0) is 9.16 Å². The molecular formula is C11H20N2O4Si. The molecule has 1 saturated carbocycles. The van der Waals surface area contributed by atoms with Gasteiger partial charge in [0.2, 0.25) is 8.32 Å². The Balaban J connectivity index is 2.32. The number of amides is 2. The van der Waals surface area contributed by atoms with Crippen LogP contribution in [0.15, 0.2) is 10.2 Å². The predicted octanol–water partition coefficient (Wildman–Crippen LogP) is 3.88. The van der Waals surface area contributed by atoms with Crippen LogP contribution in [0.1, 0.15) is 32.1 Å². The summed E-state index contributed by atoms with van der Waals surface area (Å²) in [5, 5.41) is 6.41. The van der Waals surface area contributed by atoms with E-state index in [1.807, 2.05) is 19.6 Å². The fourth-order valence-corrected chi connectivity index (χ4v) is 2.28. The van der Waals surface area contributed by atoms with E-state index in [-0.39, 0.29) is 6.10 Å². The average molecular weight is 272 g/mol. The largest absolute Gasteiger partial charge is 0.502 e. The summed E-state index contributed by atoms with van der Waals surface area (Å²) in [5.74, 6) is 0. The number of ether oxygens (including phenoxy) is 1. The molecule has 18 heavy (non-hydrogen) atoms. The van der Waals surface area contributed by atoms with Crippen molar-refractivity contribution >= 4 is 20.5 Å². The van der Waals surface area contributed by atoms with E-state index < -0.39 is 20.5 Å². The molecule has 102 valence electrons. The van der Waals surface area contributed by atoms with Crippen molar-refractivity contribution in [3.05, 3.63) is 0 Å². The summed E-state index contributed by atoms with van der Waals surface area (Å²) in [6.45, 7) is 5.54. The van der Waals surface area contributed by atoms with Crippen molar-refractivity contribution in [1.29, 1.82) is 0 Å². The van der Waals surface area contributed by atoms with E-state index in [0.29, 0.717) is 0 Å². The Bertz CT molecular complexity index is 332. The third kappa shape index (κ3) is 6.48. The SMILES string of the molecule is C[Si](C)(C)OC(=O)/N=N/C(=O)OC1CCCCC1. The van der Waals surface area contributed by atoms with Crippen LogP contribution < -0.4 is 0 Å². The number of hydrogen-bond acceptors (Lipinski definition) is 4. The van der Waals surface area contributed by atoms with Crippen molar-refractivity contribution in [3.8, 4) is 0 Å². The summed E-state index contributed by atoms with van der Waals surface area (Å²) < 4.78 is 10.1. The Kier molecular flexibility index (Phi) is 5.45. The number of carbonyl (C=O) groups is 2. The first kappa shape index (κ1) is 14.8. The summed E-state index contributed by atoms with van der Waals surface area (Å²) in [6.07, 6.45) is 3.31. The van der Waals surface area contributed by atoms with Crippen LogP contribution in [0.4, 0.5) is 9.59 Å². The zero-order chi connectivity index (χ0) is 13.6. The first-order chi connectivity index (χ1) is 8.37. The molecule has 0 saturated heterocycles. The van der Waals surface area contributed by atoms with E-state index in [2.05, 4.69) is 10.2 Å². The van der Waals surface area contributed by atoms with Gasteiger partial charge in [0, 0.05) is 0 Å². The first-order valence-corrected chi connectivity index (χ1v) is 9.63. The molecule has 7 heteroatoms. The van der Waals surface area contributed by atoms with E-state index in [1.54, 1.807) is 0 Å². The second-order valence-electron chi connectivity index (χ2n) is 5.32. The van der Waals surface area contributed by atoms with Crippen LogP contribution in [0.25, 0.3) is 0 Å². The molecule has 1 fully saturated rings. The molecule has 1 rings (SSSR count). The molecule has 6 nitrogen and oxygen atoms in total. The minimum absolute atomic E-state index is 0.0850. The monoisotopic (exact) mass is 272 g/mol. The maximum Gasteiger partial charge on any atom is 0.452 e. The molecule has 1 aliphatic carbocycles. The molecule has 0 bridgehead atoms. The second kappa shape index (κ2) is 6.63. The quantitative estimate of drug-likeness (QED) is 0.564. The molecular weight excluding hydrogens is 252 g/mol. The van der Waals surface area contributed by atoms with Crippen LogP contribution in [0.3, 0.4) is 0 Å². The number of rotatable bonds is 2. The number of hydrogen-bond donors (Lipinski definition) is 0. The standard InChI is InChI=1S/C11H20N2O4Si/c1-18(2,3)17-11(15)13-12-10(14)16-9-7-5-4-6-8-9/h9H,4-8H2,1-3H3/b13-12+. The van der Waals surface area contributed by atoms with Crippen molar-refractivity contribution in [2.24, 2.45) is 10.2 Å². The zero-order valence-electron chi connectivity index (χ0n) is 11.1. The normalized spacial score (nSPS) is 17.7. The van der Waals surface area contributed by atoms with Gasteiger partial charge in [0.05, 0.1) is 0 Å². The van der Waals surface area contributed by atoms with Crippen molar-refractivity contribution in [3.63, 3.8) is 0 Å². The lowest BCUT2D eigenvalue weighted by Gasteiger charge is -2.20. The molecule has 0 aromatic rings. The van der Waals surface area contributed by atoms with Gasteiger partial charge in [0.1, 0.15) is 6.10 Å². The zero-order valence-corrected chi connectivity index (χ0v) is 12.1. The average Bonchev–Trinajstić information content (AvgIpc) is 2.25. The van der Waals surface area contributed by atoms with E-state index in [0.717, 1.165) is 25.7 Å². The maximum absolute atomic E-state index is 11.3. The highest BCUT2D eigenvalue weighted by atomic mass is 28.4. The highest BCUT2D eigenvalue weighted by Gasteiger charge is 2.21. The summed E-state index contributed by atoms with van der Waals surface area (Å²) in [5.41, 5.74) is 0. The third-order valence-electron chi connectivity index (χ3n) is 2.43. The van der Waals surface area contributed by atoms with Crippen LogP contribution in [0.5, 0.6) is 0 Å². The summed E-state index contributed by atoms with van der Waals surface area (Å²) in [6, 6.07) is 0. The highest BCUT2D eigenvalue weighted by molar-refractivity contribution is 6.71. The molecule has 0 radical (unpaired) electrons. The minimum atomic E-state index is -1.99. The second-order valence-corrected chi connectivity index (χ2v) is 9.75. The van der Waals surface area contributed by atoms with Crippen LogP contribution in [-0.4, -0.2) is 26.6 Å². The highest BCUT2D eigenvalue weighted by Crippen LogP contribution is 2.20. The Hall–Kier alpha value is -1.24. The van der Waals surface area contributed by atoms with Gasteiger partial charge in [0.15, 0.2) is 0 Å². The van der Waals surface area contributed by atoms with E-state index in [1.165, 1.54) is 6.42 Å². The molecule has 0 aromatic heterocycles. The lowest BCUT2D eigenvalue weighted by atomic mass is 9.98. The van der Waals surface area contributed by atoms with Crippen molar-refractivity contribution < 1.29 is 18.8 Å². The van der Waals surface area contributed by atoms with E-state index >= 15 is 0 Å². The maximum atomic E-state index is 11.3. The number of nitrogens with zero attached hydrogens (tertiary/aromatic N) is 2. The molecule has 2 amide bonds. The van der Waals surface area contributed by atoms with Gasteiger partial charge in [-0.3, -0.25) is 0 Å². The molecule has 0 unspecified atom stereocenters. The molecule has 0 N–H and O–H groups in total. The van der Waals surface area contributed by atoms with Gasteiger partial charge in [-0.05, 0) is 45.3 Å². The Morgan fingerprint density at radius 3 is 2.11 bits per heavy atom. The molecule has 0 heterocycles. The Labute approximate surface area is 108 Å². The Morgan fingerprint density at radius 1 is 1.00 bits per heavy atom. The number of carbonyl (C=O) groups excluding carboxylic acids is 2. The molecule has 0 atom stereocenters. The topological polar surface area (TPSA) is 77.3 Å². The molecule has 0 aliphatic heterocycles.